The fraction of sp³-hybridized carbons (Fsp3) is 0.300. The molecule has 0 bridgehead atoms. The predicted octanol–water partition coefficient (Wildman–Crippen LogP) is 3.53. The minimum atomic E-state index is -0.792. The van der Waals surface area contributed by atoms with Crippen LogP contribution in [0.3, 0.4) is 0 Å². The lowest BCUT2D eigenvalue weighted by Gasteiger charge is -2.25. The Balaban J connectivity index is 1.78. The molecule has 0 radical (unpaired) electrons. The van der Waals surface area contributed by atoms with Crippen molar-refractivity contribution in [1.82, 2.24) is 4.90 Å². The number of ether oxygens (including phenoxy) is 1. The smallest absolute Gasteiger partial charge is 0.295 e. The molecule has 2 atom stereocenters. The molecule has 3 heterocycles. The van der Waals surface area contributed by atoms with Gasteiger partial charge >= 0.3 is 0 Å². The summed E-state index contributed by atoms with van der Waals surface area (Å²) >= 11 is 5.90. The van der Waals surface area contributed by atoms with Gasteiger partial charge in [-0.3, -0.25) is 9.59 Å². The number of aliphatic hydroxyl groups excluding tert-OH is 1. The van der Waals surface area contributed by atoms with Crippen LogP contribution in [0.25, 0.3) is 5.76 Å². The molecule has 0 unspecified atom stereocenters. The maximum atomic E-state index is 12.8. The number of Topliss-reactive ketones (excluding diaryl/α,β-unsaturated/α-hetero) is 1. The van der Waals surface area contributed by atoms with Gasteiger partial charge < -0.3 is 19.2 Å². The quantitative estimate of drug-likeness (QED) is 0.493. The van der Waals surface area contributed by atoms with Gasteiger partial charge in [0, 0.05) is 23.7 Å². The molecular formula is C20H18ClNO5. The van der Waals surface area contributed by atoms with Crippen molar-refractivity contribution in [3.8, 4) is 0 Å². The summed E-state index contributed by atoms with van der Waals surface area (Å²) in [5.74, 6) is -1.23. The van der Waals surface area contributed by atoms with Crippen LogP contribution in [-0.4, -0.2) is 41.0 Å². The first kappa shape index (κ1) is 17.8. The third-order valence-corrected chi connectivity index (χ3v) is 5.15. The fourth-order valence-electron chi connectivity index (χ4n) is 3.58. The van der Waals surface area contributed by atoms with Crippen LogP contribution in [0.2, 0.25) is 5.02 Å². The Labute approximate surface area is 161 Å². The third-order valence-electron chi connectivity index (χ3n) is 4.89. The van der Waals surface area contributed by atoms with Gasteiger partial charge in [-0.1, -0.05) is 11.6 Å². The summed E-state index contributed by atoms with van der Waals surface area (Å²) in [7, 11) is 0. The van der Waals surface area contributed by atoms with E-state index in [1.165, 1.54) is 11.2 Å². The lowest BCUT2D eigenvalue weighted by atomic mass is 9.99. The zero-order chi connectivity index (χ0) is 19.0. The Kier molecular flexibility index (Phi) is 4.76. The van der Waals surface area contributed by atoms with Gasteiger partial charge in [-0.05, 0) is 49.2 Å². The van der Waals surface area contributed by atoms with Gasteiger partial charge in [0.05, 0.1) is 17.9 Å². The van der Waals surface area contributed by atoms with Crippen molar-refractivity contribution in [2.24, 2.45) is 0 Å². The number of likely N-dealkylation sites (tertiary alicyclic amines) is 1. The van der Waals surface area contributed by atoms with Crippen molar-refractivity contribution in [3.63, 3.8) is 0 Å². The molecule has 1 aromatic carbocycles. The number of furan rings is 1. The lowest BCUT2D eigenvalue weighted by Crippen LogP contribution is -2.36. The van der Waals surface area contributed by atoms with E-state index < -0.39 is 17.7 Å². The number of halogens is 1. The van der Waals surface area contributed by atoms with E-state index in [0.717, 1.165) is 12.8 Å². The number of benzene rings is 1. The molecule has 2 fully saturated rings. The standard InChI is InChI=1S/C20H18ClNO5/c21-13-7-5-12(6-8-13)18(23)16-17(15-4-2-10-27-15)22(20(25)19(16)24)11-14-3-1-9-26-14/h2,4-8,10,14,17,23H,1,3,9,11H2/t14-,17+/m0/s1. The summed E-state index contributed by atoms with van der Waals surface area (Å²) in [6, 6.07) is 9.01. The Morgan fingerprint density at radius 3 is 2.63 bits per heavy atom. The van der Waals surface area contributed by atoms with E-state index in [1.807, 2.05) is 0 Å². The van der Waals surface area contributed by atoms with Crippen molar-refractivity contribution in [3.05, 3.63) is 64.6 Å². The van der Waals surface area contributed by atoms with E-state index in [4.69, 9.17) is 20.8 Å². The summed E-state index contributed by atoms with van der Waals surface area (Å²) in [6.45, 7) is 0.915. The molecular weight excluding hydrogens is 370 g/mol. The molecule has 2 aliphatic heterocycles. The number of carbonyl (C=O) groups is 2. The molecule has 4 rings (SSSR count). The van der Waals surface area contributed by atoms with Crippen LogP contribution in [0.5, 0.6) is 0 Å². The van der Waals surface area contributed by atoms with Crippen LogP contribution in [0, 0.1) is 0 Å². The van der Waals surface area contributed by atoms with Crippen molar-refractivity contribution in [2.75, 3.05) is 13.2 Å². The van der Waals surface area contributed by atoms with Crippen molar-refractivity contribution >= 4 is 29.1 Å². The molecule has 140 valence electrons. The Hall–Kier alpha value is -2.57. The van der Waals surface area contributed by atoms with Crippen LogP contribution in [0.4, 0.5) is 0 Å². The average Bonchev–Trinajstić information content (AvgIpc) is 3.40. The summed E-state index contributed by atoms with van der Waals surface area (Å²) in [4.78, 5) is 26.9. The summed E-state index contributed by atoms with van der Waals surface area (Å²) in [5, 5.41) is 11.3. The number of rotatable bonds is 4. The molecule has 1 amide bonds. The van der Waals surface area contributed by atoms with Gasteiger partial charge in [0.15, 0.2) is 0 Å². The van der Waals surface area contributed by atoms with E-state index in [9.17, 15) is 14.7 Å². The largest absolute Gasteiger partial charge is 0.507 e. The highest BCUT2D eigenvalue weighted by molar-refractivity contribution is 6.46. The zero-order valence-corrected chi connectivity index (χ0v) is 15.2. The third kappa shape index (κ3) is 3.26. The van der Waals surface area contributed by atoms with E-state index in [2.05, 4.69) is 0 Å². The number of ketones is 1. The van der Waals surface area contributed by atoms with Gasteiger partial charge in [-0.2, -0.15) is 0 Å². The van der Waals surface area contributed by atoms with E-state index in [0.29, 0.717) is 23.0 Å². The first-order valence-electron chi connectivity index (χ1n) is 8.75. The molecule has 0 saturated carbocycles. The van der Waals surface area contributed by atoms with Crippen LogP contribution < -0.4 is 0 Å². The van der Waals surface area contributed by atoms with E-state index >= 15 is 0 Å². The molecule has 0 aliphatic carbocycles. The highest BCUT2D eigenvalue weighted by Crippen LogP contribution is 2.40. The van der Waals surface area contributed by atoms with Crippen molar-refractivity contribution < 1.29 is 23.8 Å². The highest BCUT2D eigenvalue weighted by atomic mass is 35.5. The van der Waals surface area contributed by atoms with Crippen LogP contribution >= 0.6 is 11.6 Å². The lowest BCUT2D eigenvalue weighted by molar-refractivity contribution is -0.141. The van der Waals surface area contributed by atoms with E-state index in [1.54, 1.807) is 36.4 Å². The minimum absolute atomic E-state index is 0.00951. The molecule has 1 N–H and O–H groups in total. The first-order chi connectivity index (χ1) is 13.1. The normalized spacial score (nSPS) is 24.7. The zero-order valence-electron chi connectivity index (χ0n) is 14.4. The predicted molar refractivity (Wildman–Crippen MR) is 98.1 cm³/mol. The minimum Gasteiger partial charge on any atom is -0.507 e. The van der Waals surface area contributed by atoms with Gasteiger partial charge in [-0.25, -0.2) is 0 Å². The summed E-state index contributed by atoms with van der Waals surface area (Å²) in [5.41, 5.74) is 0.418. The van der Waals surface area contributed by atoms with Crippen molar-refractivity contribution in [1.29, 1.82) is 0 Å². The second-order valence-corrected chi connectivity index (χ2v) is 7.05. The maximum absolute atomic E-state index is 12.8. The molecule has 0 spiro atoms. The van der Waals surface area contributed by atoms with Crippen LogP contribution in [-0.2, 0) is 14.3 Å². The fourth-order valence-corrected chi connectivity index (χ4v) is 3.71. The molecule has 27 heavy (non-hydrogen) atoms. The second kappa shape index (κ2) is 7.21. The number of nitrogens with zero attached hydrogens (tertiary/aromatic N) is 1. The second-order valence-electron chi connectivity index (χ2n) is 6.61. The Morgan fingerprint density at radius 1 is 1.22 bits per heavy atom. The highest BCUT2D eigenvalue weighted by Gasteiger charge is 2.48. The van der Waals surface area contributed by atoms with Gasteiger partial charge in [0.2, 0.25) is 0 Å². The molecule has 1 aromatic heterocycles. The van der Waals surface area contributed by atoms with Gasteiger partial charge in [-0.15, -0.1) is 0 Å². The molecule has 6 nitrogen and oxygen atoms in total. The van der Waals surface area contributed by atoms with Crippen molar-refractivity contribution in [2.45, 2.75) is 25.0 Å². The Morgan fingerprint density at radius 2 is 2.00 bits per heavy atom. The van der Waals surface area contributed by atoms with E-state index in [-0.39, 0.29) is 24.0 Å². The number of hydrogen-bond acceptors (Lipinski definition) is 5. The maximum Gasteiger partial charge on any atom is 0.295 e. The number of aliphatic hydroxyl groups is 1. The number of carbonyl (C=O) groups excluding carboxylic acids is 2. The summed E-state index contributed by atoms with van der Waals surface area (Å²) < 4.78 is 11.1. The molecule has 7 heteroatoms. The monoisotopic (exact) mass is 387 g/mol. The number of amides is 1. The SMILES string of the molecule is O=C1C(=O)N(C[C@@H]2CCCO2)[C@H](c2ccco2)C1=C(O)c1ccc(Cl)cc1. The molecule has 2 aromatic rings. The van der Waals surface area contributed by atoms with Crippen LogP contribution in [0.15, 0.2) is 52.7 Å². The molecule has 2 saturated heterocycles. The number of hydrogen-bond donors (Lipinski definition) is 1. The first-order valence-corrected chi connectivity index (χ1v) is 9.13. The van der Waals surface area contributed by atoms with Crippen LogP contribution in [0.1, 0.15) is 30.2 Å². The molecule has 2 aliphatic rings. The van der Waals surface area contributed by atoms with Gasteiger partial charge in [0.25, 0.3) is 11.7 Å². The Bertz CT molecular complexity index is 882. The topological polar surface area (TPSA) is 80.0 Å². The summed E-state index contributed by atoms with van der Waals surface area (Å²) in [6.07, 6.45) is 3.09. The average molecular weight is 388 g/mol. The van der Waals surface area contributed by atoms with Gasteiger partial charge in [0.1, 0.15) is 17.6 Å².